The number of fused-ring (bicyclic) bond motifs is 1. The fourth-order valence-electron chi connectivity index (χ4n) is 2.97. The minimum absolute atomic E-state index is 0.0418. The smallest absolute Gasteiger partial charge is 0.323 e. The SMILES string of the molecule is O=C(Nc1cccc(Br)c1)ONC1=Nc2ccc(Cl)cc2C(c2ccccc2F)=NC1. The van der Waals surface area contributed by atoms with E-state index in [0.717, 1.165) is 4.47 Å². The molecule has 6 nitrogen and oxygen atoms in total. The Morgan fingerprint density at radius 2 is 1.90 bits per heavy atom. The first-order valence-electron chi connectivity index (χ1n) is 9.16. The third-order valence-corrected chi connectivity index (χ3v) is 5.05. The Hall–Kier alpha value is -3.23. The van der Waals surface area contributed by atoms with E-state index in [9.17, 15) is 9.18 Å². The molecule has 31 heavy (non-hydrogen) atoms. The van der Waals surface area contributed by atoms with Gasteiger partial charge in [0.1, 0.15) is 12.4 Å². The molecular weight excluding hydrogens is 487 g/mol. The second-order valence-corrected chi connectivity index (χ2v) is 7.84. The first-order valence-corrected chi connectivity index (χ1v) is 10.3. The second-order valence-electron chi connectivity index (χ2n) is 6.49. The van der Waals surface area contributed by atoms with Gasteiger partial charge in [0.25, 0.3) is 0 Å². The fourth-order valence-corrected chi connectivity index (χ4v) is 3.54. The number of halogens is 3. The second kappa shape index (κ2) is 9.28. The number of anilines is 1. The van der Waals surface area contributed by atoms with Gasteiger partial charge in [-0.25, -0.2) is 19.7 Å². The van der Waals surface area contributed by atoms with Gasteiger partial charge in [0.05, 0.1) is 11.4 Å². The molecule has 0 radical (unpaired) electrons. The van der Waals surface area contributed by atoms with Crippen molar-refractivity contribution in [2.75, 3.05) is 11.9 Å². The number of hydrogen-bond acceptors (Lipinski definition) is 5. The summed E-state index contributed by atoms with van der Waals surface area (Å²) in [5, 5.41) is 3.07. The van der Waals surface area contributed by atoms with E-state index in [-0.39, 0.29) is 12.4 Å². The van der Waals surface area contributed by atoms with Crippen molar-refractivity contribution >= 4 is 56.5 Å². The number of rotatable bonds is 2. The molecule has 1 heterocycles. The fraction of sp³-hybridized carbons (Fsp3) is 0.0455. The minimum atomic E-state index is -0.723. The molecule has 0 aromatic heterocycles. The quantitative estimate of drug-likeness (QED) is 0.431. The van der Waals surface area contributed by atoms with Gasteiger partial charge in [-0.1, -0.05) is 45.7 Å². The monoisotopic (exact) mass is 500 g/mol. The highest BCUT2D eigenvalue weighted by atomic mass is 79.9. The molecule has 3 aromatic rings. The van der Waals surface area contributed by atoms with E-state index in [1.807, 2.05) is 6.07 Å². The van der Waals surface area contributed by atoms with E-state index in [4.69, 9.17) is 16.4 Å². The van der Waals surface area contributed by atoms with Crippen molar-refractivity contribution in [1.82, 2.24) is 5.48 Å². The van der Waals surface area contributed by atoms with Gasteiger partial charge >= 0.3 is 6.09 Å². The van der Waals surface area contributed by atoms with Gasteiger partial charge in [0.2, 0.25) is 0 Å². The summed E-state index contributed by atoms with van der Waals surface area (Å²) in [4.78, 5) is 26.1. The zero-order valence-electron chi connectivity index (χ0n) is 15.9. The number of aliphatic imine (C=N–C) groups is 2. The van der Waals surface area contributed by atoms with Gasteiger partial charge in [0.15, 0.2) is 5.84 Å². The van der Waals surface area contributed by atoms with E-state index in [2.05, 4.69) is 36.7 Å². The average molecular weight is 502 g/mol. The summed E-state index contributed by atoms with van der Waals surface area (Å²) in [6, 6.07) is 18.5. The van der Waals surface area contributed by atoms with Crippen molar-refractivity contribution in [2.24, 2.45) is 9.98 Å². The van der Waals surface area contributed by atoms with Crippen LogP contribution in [-0.2, 0) is 4.84 Å². The van der Waals surface area contributed by atoms with Gasteiger partial charge in [-0.2, -0.15) is 0 Å². The molecule has 3 aromatic carbocycles. The van der Waals surface area contributed by atoms with Crippen molar-refractivity contribution in [2.45, 2.75) is 0 Å². The number of hydroxylamine groups is 1. The van der Waals surface area contributed by atoms with Crippen molar-refractivity contribution < 1.29 is 14.0 Å². The van der Waals surface area contributed by atoms with Crippen LogP contribution in [0.5, 0.6) is 0 Å². The van der Waals surface area contributed by atoms with Gasteiger partial charge in [-0.15, -0.1) is 0 Å². The topological polar surface area (TPSA) is 75.1 Å². The molecular formula is C22H15BrClFN4O2. The Bertz CT molecular complexity index is 1220. The number of benzene rings is 3. The zero-order valence-corrected chi connectivity index (χ0v) is 18.2. The molecule has 0 fully saturated rings. The molecule has 1 aliphatic rings. The summed E-state index contributed by atoms with van der Waals surface area (Å²) < 4.78 is 15.3. The predicted molar refractivity (Wildman–Crippen MR) is 123 cm³/mol. The molecule has 0 spiro atoms. The standard InChI is InChI=1S/C22H15BrClFN4O2/c23-13-4-3-5-15(10-13)27-22(30)31-29-20-12-26-21(16-6-1-2-7-18(16)25)17-11-14(24)8-9-19(17)28-20/h1-11H,12H2,(H,27,30)(H,28,29). The van der Waals surface area contributed by atoms with Crippen LogP contribution in [0.4, 0.5) is 20.6 Å². The van der Waals surface area contributed by atoms with Crippen molar-refractivity contribution in [3.8, 4) is 0 Å². The van der Waals surface area contributed by atoms with E-state index in [0.29, 0.717) is 33.2 Å². The van der Waals surface area contributed by atoms with Crippen LogP contribution >= 0.6 is 27.5 Å². The van der Waals surface area contributed by atoms with Crippen LogP contribution in [0, 0.1) is 5.82 Å². The third kappa shape index (κ3) is 5.10. The molecule has 1 amide bonds. The van der Waals surface area contributed by atoms with Crippen LogP contribution in [0.2, 0.25) is 5.02 Å². The van der Waals surface area contributed by atoms with Crippen LogP contribution in [0.25, 0.3) is 0 Å². The number of nitrogens with one attached hydrogen (secondary N) is 2. The number of carbonyl (C=O) groups is 1. The Morgan fingerprint density at radius 3 is 2.71 bits per heavy atom. The van der Waals surface area contributed by atoms with Gasteiger partial charge in [-0.05, 0) is 48.5 Å². The molecule has 0 saturated carbocycles. The highest BCUT2D eigenvalue weighted by Crippen LogP contribution is 2.29. The molecule has 0 bridgehead atoms. The molecule has 0 aliphatic carbocycles. The maximum absolute atomic E-state index is 14.4. The number of carbonyl (C=O) groups excluding carboxylic acids is 1. The minimum Gasteiger partial charge on any atom is -0.323 e. The summed E-state index contributed by atoms with van der Waals surface area (Å²) >= 11 is 9.49. The first-order chi connectivity index (χ1) is 15.0. The Balaban J connectivity index is 1.56. The molecule has 9 heteroatoms. The van der Waals surface area contributed by atoms with Crippen molar-refractivity contribution in [3.63, 3.8) is 0 Å². The summed E-state index contributed by atoms with van der Waals surface area (Å²) in [7, 11) is 0. The normalized spacial score (nSPS) is 12.7. The number of hydrogen-bond donors (Lipinski definition) is 2. The predicted octanol–water partition coefficient (Wildman–Crippen LogP) is 5.88. The van der Waals surface area contributed by atoms with Crippen LogP contribution in [0.3, 0.4) is 0 Å². The maximum atomic E-state index is 14.4. The summed E-state index contributed by atoms with van der Waals surface area (Å²) in [5.74, 6) is -0.132. The average Bonchev–Trinajstić information content (AvgIpc) is 2.92. The third-order valence-electron chi connectivity index (χ3n) is 4.32. The molecule has 0 unspecified atom stereocenters. The van der Waals surface area contributed by atoms with Crippen LogP contribution in [0.15, 0.2) is 81.2 Å². The highest BCUT2D eigenvalue weighted by molar-refractivity contribution is 9.10. The molecule has 0 saturated heterocycles. The van der Waals surface area contributed by atoms with Crippen molar-refractivity contribution in [3.05, 3.63) is 93.2 Å². The van der Waals surface area contributed by atoms with Crippen LogP contribution in [0.1, 0.15) is 11.1 Å². The lowest BCUT2D eigenvalue weighted by atomic mass is 10.0. The van der Waals surface area contributed by atoms with E-state index in [1.165, 1.54) is 6.07 Å². The molecule has 0 atom stereocenters. The Morgan fingerprint density at radius 1 is 1.06 bits per heavy atom. The summed E-state index contributed by atoms with van der Waals surface area (Å²) in [5.41, 5.74) is 4.92. The number of nitrogens with zero attached hydrogens (tertiary/aromatic N) is 2. The molecule has 156 valence electrons. The zero-order chi connectivity index (χ0) is 21.8. The highest BCUT2D eigenvalue weighted by Gasteiger charge is 2.19. The van der Waals surface area contributed by atoms with E-state index < -0.39 is 11.9 Å². The van der Waals surface area contributed by atoms with Gasteiger partial charge < -0.3 is 4.84 Å². The number of amidine groups is 1. The number of amides is 1. The van der Waals surface area contributed by atoms with Crippen molar-refractivity contribution in [1.29, 1.82) is 0 Å². The van der Waals surface area contributed by atoms with Gasteiger partial charge in [0, 0.05) is 26.3 Å². The maximum Gasteiger partial charge on any atom is 0.435 e. The Kier molecular flexibility index (Phi) is 6.29. The molecule has 2 N–H and O–H groups in total. The van der Waals surface area contributed by atoms with Crippen LogP contribution in [-0.4, -0.2) is 24.2 Å². The lowest BCUT2D eigenvalue weighted by Crippen LogP contribution is -2.31. The first kappa shape index (κ1) is 21.0. The largest absolute Gasteiger partial charge is 0.435 e. The van der Waals surface area contributed by atoms with E-state index >= 15 is 0 Å². The Labute approximate surface area is 190 Å². The summed E-state index contributed by atoms with van der Waals surface area (Å²) in [6.45, 7) is 0.0418. The van der Waals surface area contributed by atoms with E-state index in [1.54, 1.807) is 54.6 Å². The lowest BCUT2D eigenvalue weighted by molar-refractivity contribution is 0.134. The summed E-state index contributed by atoms with van der Waals surface area (Å²) in [6.07, 6.45) is -0.723. The molecule has 1 aliphatic heterocycles. The van der Waals surface area contributed by atoms with Gasteiger partial charge in [-0.3, -0.25) is 10.3 Å². The molecule has 4 rings (SSSR count). The lowest BCUT2D eigenvalue weighted by Gasteiger charge is -2.09. The van der Waals surface area contributed by atoms with Crippen LogP contribution < -0.4 is 10.8 Å².